The van der Waals surface area contributed by atoms with Gasteiger partial charge in [-0.2, -0.15) is 4.98 Å². The molecule has 1 aliphatic heterocycles. The molecule has 1 aliphatic rings. The fraction of sp³-hybridized carbons (Fsp3) is 0.217. The Kier molecular flexibility index (Phi) is 4.63. The lowest BCUT2D eigenvalue weighted by atomic mass is 9.98. The molecule has 1 N–H and O–H groups in total. The monoisotopic (exact) mass is 399 g/mol. The first-order chi connectivity index (χ1) is 14.7. The minimum Gasteiger partial charge on any atom is -0.477 e. The number of hydrogen-bond acceptors (Lipinski definition) is 5. The number of aromatic nitrogens is 4. The van der Waals surface area contributed by atoms with Crippen molar-refractivity contribution >= 4 is 16.9 Å². The molecule has 0 aliphatic carbocycles. The van der Waals surface area contributed by atoms with Crippen LogP contribution >= 0.6 is 0 Å². The van der Waals surface area contributed by atoms with Gasteiger partial charge in [0, 0.05) is 24.8 Å². The second kappa shape index (κ2) is 7.59. The van der Waals surface area contributed by atoms with E-state index < -0.39 is 0 Å². The Balaban J connectivity index is 1.34. The second-order valence-corrected chi connectivity index (χ2v) is 7.26. The third-order valence-electron chi connectivity index (χ3n) is 5.26. The molecule has 0 unspecified atom stereocenters. The fourth-order valence-electron chi connectivity index (χ4n) is 3.64. The van der Waals surface area contributed by atoms with E-state index >= 15 is 0 Å². The van der Waals surface area contributed by atoms with Crippen LogP contribution in [0.25, 0.3) is 22.4 Å². The van der Waals surface area contributed by atoms with E-state index in [1.54, 1.807) is 11.1 Å². The Bertz CT molecular complexity index is 1170. The number of fused-ring (bicyclic) bond motifs is 1. The molecule has 0 saturated carbocycles. The van der Waals surface area contributed by atoms with E-state index in [0.29, 0.717) is 37.0 Å². The second-order valence-electron chi connectivity index (χ2n) is 7.26. The van der Waals surface area contributed by atoms with Crippen molar-refractivity contribution < 1.29 is 9.53 Å². The van der Waals surface area contributed by atoms with Gasteiger partial charge in [-0.15, -0.1) is 0 Å². The van der Waals surface area contributed by atoms with Crippen LogP contribution in [0.4, 0.5) is 0 Å². The van der Waals surface area contributed by atoms with Crippen LogP contribution < -0.4 is 4.74 Å². The van der Waals surface area contributed by atoms with Crippen molar-refractivity contribution in [2.24, 2.45) is 0 Å². The number of aromatic amines is 1. The number of benzene rings is 2. The van der Waals surface area contributed by atoms with Gasteiger partial charge in [0.2, 0.25) is 5.88 Å². The van der Waals surface area contributed by atoms with Crippen molar-refractivity contribution in [3.8, 4) is 17.3 Å². The summed E-state index contributed by atoms with van der Waals surface area (Å²) in [5, 5.41) is 0. The fourth-order valence-corrected chi connectivity index (χ4v) is 3.64. The SMILES string of the molecule is CCOc1nc(-c2ccccc2)ncc1C(=O)N1CC(c2nc3ccccc3[nH]2)C1. The van der Waals surface area contributed by atoms with Gasteiger partial charge in [-0.3, -0.25) is 4.79 Å². The molecule has 1 fully saturated rings. The Morgan fingerprint density at radius 1 is 1.10 bits per heavy atom. The maximum atomic E-state index is 13.1. The lowest BCUT2D eigenvalue weighted by Crippen LogP contribution is -2.49. The van der Waals surface area contributed by atoms with Gasteiger partial charge >= 0.3 is 0 Å². The summed E-state index contributed by atoms with van der Waals surface area (Å²) in [5.74, 6) is 1.86. The molecule has 3 heterocycles. The average molecular weight is 399 g/mol. The molecule has 4 aromatic rings. The van der Waals surface area contributed by atoms with Crippen LogP contribution in [0, 0.1) is 0 Å². The lowest BCUT2D eigenvalue weighted by Gasteiger charge is -2.38. The first-order valence-electron chi connectivity index (χ1n) is 10.0. The van der Waals surface area contributed by atoms with E-state index in [0.717, 1.165) is 22.4 Å². The number of H-pyrrole nitrogens is 1. The van der Waals surface area contributed by atoms with Crippen molar-refractivity contribution in [1.82, 2.24) is 24.8 Å². The predicted molar refractivity (Wildman–Crippen MR) is 113 cm³/mol. The number of amides is 1. The molecule has 30 heavy (non-hydrogen) atoms. The summed E-state index contributed by atoms with van der Waals surface area (Å²) in [6.45, 7) is 3.50. The predicted octanol–water partition coefficient (Wildman–Crippen LogP) is 3.66. The highest BCUT2D eigenvalue weighted by molar-refractivity contribution is 5.97. The topological polar surface area (TPSA) is 84.0 Å². The third kappa shape index (κ3) is 3.28. The van der Waals surface area contributed by atoms with Crippen LogP contribution in [0.1, 0.15) is 29.0 Å². The average Bonchev–Trinajstić information content (AvgIpc) is 3.17. The molecule has 7 nitrogen and oxygen atoms in total. The molecular weight excluding hydrogens is 378 g/mol. The summed E-state index contributed by atoms with van der Waals surface area (Å²) in [5.41, 5.74) is 3.23. The quantitative estimate of drug-likeness (QED) is 0.554. The van der Waals surface area contributed by atoms with Gasteiger partial charge in [-0.25, -0.2) is 9.97 Å². The minimum atomic E-state index is -0.120. The number of hydrogen-bond donors (Lipinski definition) is 1. The number of nitrogens with one attached hydrogen (secondary N) is 1. The summed E-state index contributed by atoms with van der Waals surface area (Å²) >= 11 is 0. The van der Waals surface area contributed by atoms with Gasteiger partial charge in [0.05, 0.1) is 23.6 Å². The molecule has 1 amide bonds. The van der Waals surface area contributed by atoms with Crippen molar-refractivity contribution in [2.75, 3.05) is 19.7 Å². The number of rotatable bonds is 5. The van der Waals surface area contributed by atoms with Crippen molar-refractivity contribution in [3.63, 3.8) is 0 Å². The maximum absolute atomic E-state index is 13.1. The third-order valence-corrected chi connectivity index (χ3v) is 5.26. The molecule has 150 valence electrons. The molecule has 1 saturated heterocycles. The number of para-hydroxylation sites is 2. The molecular formula is C23H21N5O2. The smallest absolute Gasteiger partial charge is 0.260 e. The molecule has 0 atom stereocenters. The number of ether oxygens (including phenoxy) is 1. The van der Waals surface area contributed by atoms with Crippen LogP contribution in [-0.4, -0.2) is 50.4 Å². The largest absolute Gasteiger partial charge is 0.477 e. The Hall–Kier alpha value is -3.74. The summed E-state index contributed by atoms with van der Waals surface area (Å²) in [7, 11) is 0. The first kappa shape index (κ1) is 18.3. The number of carbonyl (C=O) groups is 1. The molecule has 2 aromatic carbocycles. The molecule has 0 spiro atoms. The van der Waals surface area contributed by atoms with Gasteiger partial charge in [0.15, 0.2) is 5.82 Å². The zero-order chi connectivity index (χ0) is 20.5. The van der Waals surface area contributed by atoms with Crippen LogP contribution in [0.2, 0.25) is 0 Å². The number of carbonyl (C=O) groups excluding carboxylic acids is 1. The van der Waals surface area contributed by atoms with Gasteiger partial charge in [-0.05, 0) is 19.1 Å². The van der Waals surface area contributed by atoms with Crippen LogP contribution in [0.15, 0.2) is 60.8 Å². The summed E-state index contributed by atoms with van der Waals surface area (Å²) in [6.07, 6.45) is 1.57. The van der Waals surface area contributed by atoms with E-state index in [1.807, 2.05) is 61.5 Å². The lowest BCUT2D eigenvalue weighted by molar-refractivity contribution is 0.0590. The number of likely N-dealkylation sites (tertiary alicyclic amines) is 1. The number of imidazole rings is 1. The van der Waals surface area contributed by atoms with Crippen LogP contribution in [0.3, 0.4) is 0 Å². The molecule has 5 rings (SSSR count). The van der Waals surface area contributed by atoms with Crippen molar-refractivity contribution in [3.05, 3.63) is 72.2 Å². The van der Waals surface area contributed by atoms with E-state index in [4.69, 9.17) is 4.74 Å². The first-order valence-corrected chi connectivity index (χ1v) is 10.0. The highest BCUT2D eigenvalue weighted by Crippen LogP contribution is 2.30. The Morgan fingerprint density at radius 2 is 1.87 bits per heavy atom. The summed E-state index contributed by atoms with van der Waals surface area (Å²) in [4.78, 5) is 31.7. The van der Waals surface area contributed by atoms with E-state index in [1.165, 1.54) is 0 Å². The molecule has 0 bridgehead atoms. The molecule has 0 radical (unpaired) electrons. The standard InChI is InChI=1S/C23H21N5O2/c1-2-30-22-17(12-24-20(27-22)15-8-4-3-5-9-15)23(29)28-13-16(14-28)21-25-18-10-6-7-11-19(18)26-21/h3-12,16H,2,13-14H2,1H3,(H,25,26). The maximum Gasteiger partial charge on any atom is 0.260 e. The van der Waals surface area contributed by atoms with Crippen molar-refractivity contribution in [2.45, 2.75) is 12.8 Å². The van der Waals surface area contributed by atoms with Gasteiger partial charge in [0.25, 0.3) is 5.91 Å². The van der Waals surface area contributed by atoms with Gasteiger partial charge in [0.1, 0.15) is 11.4 Å². The molecule has 7 heteroatoms. The highest BCUT2D eigenvalue weighted by Gasteiger charge is 2.35. The Morgan fingerprint density at radius 3 is 2.63 bits per heavy atom. The highest BCUT2D eigenvalue weighted by atomic mass is 16.5. The Labute approximate surface area is 173 Å². The normalized spacial score (nSPS) is 14.0. The number of nitrogens with zero attached hydrogens (tertiary/aromatic N) is 4. The van der Waals surface area contributed by atoms with E-state index in [2.05, 4.69) is 19.9 Å². The van der Waals surface area contributed by atoms with Crippen LogP contribution in [-0.2, 0) is 0 Å². The zero-order valence-corrected chi connectivity index (χ0v) is 16.6. The zero-order valence-electron chi connectivity index (χ0n) is 16.6. The van der Waals surface area contributed by atoms with Crippen molar-refractivity contribution in [1.29, 1.82) is 0 Å². The summed E-state index contributed by atoms with van der Waals surface area (Å²) < 4.78 is 5.67. The summed E-state index contributed by atoms with van der Waals surface area (Å²) in [6, 6.07) is 17.6. The van der Waals surface area contributed by atoms with E-state index in [9.17, 15) is 4.79 Å². The van der Waals surface area contributed by atoms with Gasteiger partial charge in [-0.1, -0.05) is 42.5 Å². The minimum absolute atomic E-state index is 0.120. The van der Waals surface area contributed by atoms with E-state index in [-0.39, 0.29) is 11.8 Å². The molecule has 2 aromatic heterocycles. The van der Waals surface area contributed by atoms with Crippen LogP contribution in [0.5, 0.6) is 5.88 Å². The van der Waals surface area contributed by atoms with Gasteiger partial charge < -0.3 is 14.6 Å².